The van der Waals surface area contributed by atoms with Crippen molar-refractivity contribution in [3.8, 4) is 5.88 Å². The van der Waals surface area contributed by atoms with Gasteiger partial charge >= 0.3 is 5.69 Å². The van der Waals surface area contributed by atoms with E-state index in [1.54, 1.807) is 0 Å². The van der Waals surface area contributed by atoms with E-state index in [1.165, 1.54) is 4.57 Å². The topological polar surface area (TPSA) is 102 Å². The lowest BCUT2D eigenvalue weighted by Gasteiger charge is -2.14. The lowest BCUT2D eigenvalue weighted by atomic mass is 10.2. The summed E-state index contributed by atoms with van der Waals surface area (Å²) in [6.07, 6.45) is 0.122. The Bertz CT molecular complexity index is 632. The van der Waals surface area contributed by atoms with Crippen LogP contribution in [0.4, 0.5) is 0 Å². The molecule has 0 spiro atoms. The first kappa shape index (κ1) is 13.1. The van der Waals surface area contributed by atoms with Crippen molar-refractivity contribution in [2.75, 3.05) is 19.8 Å². The van der Waals surface area contributed by atoms with Gasteiger partial charge in [-0.25, -0.2) is 4.79 Å². The SMILES string of the molecule is O=c1c(CC2CO2)c(O)n(CC2CO2)c(=O)n1CC1CO1. The molecule has 0 aliphatic carbocycles. The van der Waals surface area contributed by atoms with Crippen molar-refractivity contribution in [2.24, 2.45) is 0 Å². The third kappa shape index (κ3) is 2.61. The highest BCUT2D eigenvalue weighted by Gasteiger charge is 2.32. The summed E-state index contributed by atoms with van der Waals surface area (Å²) in [5.41, 5.74) is -0.723. The Morgan fingerprint density at radius 3 is 2.00 bits per heavy atom. The van der Waals surface area contributed by atoms with Crippen LogP contribution in [0.5, 0.6) is 5.88 Å². The van der Waals surface area contributed by atoms with Crippen molar-refractivity contribution < 1.29 is 19.3 Å². The fourth-order valence-corrected chi connectivity index (χ4v) is 2.42. The van der Waals surface area contributed by atoms with E-state index >= 15 is 0 Å². The smallest absolute Gasteiger partial charge is 0.333 e. The molecule has 0 saturated carbocycles. The Kier molecular flexibility index (Phi) is 2.91. The maximum absolute atomic E-state index is 12.4. The third-order valence-corrected chi connectivity index (χ3v) is 3.90. The van der Waals surface area contributed by atoms with E-state index < -0.39 is 11.2 Å². The molecule has 3 aliphatic rings. The molecule has 3 saturated heterocycles. The predicted molar refractivity (Wildman–Crippen MR) is 69.6 cm³/mol. The number of hydrogen-bond acceptors (Lipinski definition) is 6. The molecule has 3 unspecified atom stereocenters. The quantitative estimate of drug-likeness (QED) is 0.638. The van der Waals surface area contributed by atoms with Crippen LogP contribution >= 0.6 is 0 Å². The van der Waals surface area contributed by atoms with E-state index in [2.05, 4.69) is 0 Å². The molecule has 8 nitrogen and oxygen atoms in total. The summed E-state index contributed by atoms with van der Waals surface area (Å²) in [5.74, 6) is -0.260. The van der Waals surface area contributed by atoms with E-state index in [1.807, 2.05) is 0 Å². The van der Waals surface area contributed by atoms with Gasteiger partial charge in [0.25, 0.3) is 5.56 Å². The van der Waals surface area contributed by atoms with E-state index in [0.717, 1.165) is 4.57 Å². The van der Waals surface area contributed by atoms with Crippen molar-refractivity contribution in [1.82, 2.24) is 9.13 Å². The number of hydrogen-bond donors (Lipinski definition) is 1. The zero-order valence-corrected chi connectivity index (χ0v) is 11.4. The van der Waals surface area contributed by atoms with Crippen molar-refractivity contribution in [3.63, 3.8) is 0 Å². The van der Waals surface area contributed by atoms with Crippen LogP contribution in [0.1, 0.15) is 5.56 Å². The molecule has 4 heterocycles. The minimum Gasteiger partial charge on any atom is -0.494 e. The standard InChI is InChI=1S/C13H16N2O6/c16-11-10(1-7-4-19-7)12(17)15(3-9-6-21-9)13(18)14(11)2-8-5-20-8/h7-9,16H,1-6H2. The second kappa shape index (κ2) is 4.69. The number of aromatic hydroxyl groups is 1. The summed E-state index contributed by atoms with van der Waals surface area (Å²) >= 11 is 0. The van der Waals surface area contributed by atoms with Gasteiger partial charge in [-0.15, -0.1) is 0 Å². The molecule has 3 fully saturated rings. The zero-order chi connectivity index (χ0) is 14.6. The summed E-state index contributed by atoms with van der Waals surface area (Å²) in [5, 5.41) is 10.3. The Morgan fingerprint density at radius 1 is 0.952 bits per heavy atom. The maximum Gasteiger partial charge on any atom is 0.333 e. The lowest BCUT2D eigenvalue weighted by Crippen LogP contribution is -2.43. The van der Waals surface area contributed by atoms with Gasteiger partial charge in [0, 0.05) is 6.42 Å². The van der Waals surface area contributed by atoms with Crippen LogP contribution in [0, 0.1) is 0 Å². The van der Waals surface area contributed by atoms with Gasteiger partial charge in [0.05, 0.1) is 56.8 Å². The summed E-state index contributed by atoms with van der Waals surface area (Å²) in [6, 6.07) is 0. The molecule has 0 amide bonds. The van der Waals surface area contributed by atoms with Gasteiger partial charge in [0.2, 0.25) is 5.88 Å². The van der Waals surface area contributed by atoms with E-state index in [9.17, 15) is 14.7 Å². The predicted octanol–water partition coefficient (Wildman–Crippen LogP) is -1.55. The molecule has 8 heteroatoms. The average Bonchev–Trinajstić information content (AvgIpc) is 3.31. The van der Waals surface area contributed by atoms with Gasteiger partial charge in [0.15, 0.2) is 0 Å². The molecular formula is C13H16N2O6. The summed E-state index contributed by atoms with van der Waals surface area (Å²) < 4.78 is 17.7. The average molecular weight is 296 g/mol. The molecular weight excluding hydrogens is 280 g/mol. The Morgan fingerprint density at radius 2 is 1.48 bits per heavy atom. The largest absolute Gasteiger partial charge is 0.494 e. The molecule has 114 valence electrons. The van der Waals surface area contributed by atoms with Crippen molar-refractivity contribution in [2.45, 2.75) is 37.8 Å². The van der Waals surface area contributed by atoms with E-state index in [0.29, 0.717) is 26.2 Å². The Balaban J connectivity index is 1.79. The van der Waals surface area contributed by atoms with Crippen LogP contribution in [0.2, 0.25) is 0 Å². The number of ether oxygens (including phenoxy) is 3. The van der Waals surface area contributed by atoms with Crippen LogP contribution in [0.25, 0.3) is 0 Å². The van der Waals surface area contributed by atoms with Gasteiger partial charge in [-0.1, -0.05) is 0 Å². The van der Waals surface area contributed by atoms with Crippen LogP contribution in [-0.4, -0.2) is 52.4 Å². The van der Waals surface area contributed by atoms with Crippen LogP contribution < -0.4 is 11.2 Å². The van der Waals surface area contributed by atoms with Gasteiger partial charge in [-0.3, -0.25) is 13.9 Å². The fraction of sp³-hybridized carbons (Fsp3) is 0.692. The maximum atomic E-state index is 12.4. The van der Waals surface area contributed by atoms with Crippen molar-refractivity contribution >= 4 is 0 Å². The van der Waals surface area contributed by atoms with Crippen molar-refractivity contribution in [3.05, 3.63) is 26.4 Å². The number of aromatic nitrogens is 2. The summed E-state index contributed by atoms with van der Waals surface area (Å²) in [6.45, 7) is 2.18. The molecule has 1 aromatic rings. The third-order valence-electron chi connectivity index (χ3n) is 3.90. The molecule has 4 rings (SSSR count). The molecule has 21 heavy (non-hydrogen) atoms. The second-order valence-electron chi connectivity index (χ2n) is 5.68. The highest BCUT2D eigenvalue weighted by atomic mass is 16.6. The second-order valence-corrected chi connectivity index (χ2v) is 5.68. The van der Waals surface area contributed by atoms with E-state index in [4.69, 9.17) is 14.2 Å². The van der Waals surface area contributed by atoms with Gasteiger partial charge in [-0.05, 0) is 0 Å². The normalized spacial score (nSPS) is 29.4. The minimum absolute atomic E-state index is 0.0441. The summed E-state index contributed by atoms with van der Waals surface area (Å²) in [4.78, 5) is 24.9. The fourth-order valence-electron chi connectivity index (χ4n) is 2.42. The first-order chi connectivity index (χ1) is 10.1. The molecule has 0 radical (unpaired) electrons. The van der Waals surface area contributed by atoms with Crippen LogP contribution in [0.15, 0.2) is 9.59 Å². The Labute approximate surface area is 119 Å². The van der Waals surface area contributed by atoms with Crippen LogP contribution in [-0.2, 0) is 33.7 Å². The first-order valence-electron chi connectivity index (χ1n) is 7.03. The van der Waals surface area contributed by atoms with Gasteiger partial charge in [-0.2, -0.15) is 0 Å². The van der Waals surface area contributed by atoms with Crippen molar-refractivity contribution in [1.29, 1.82) is 0 Å². The first-order valence-corrected chi connectivity index (χ1v) is 7.03. The molecule has 3 atom stereocenters. The molecule has 3 aliphatic heterocycles. The lowest BCUT2D eigenvalue weighted by molar-refractivity contribution is 0.325. The molecule has 1 aromatic heterocycles. The van der Waals surface area contributed by atoms with Gasteiger partial charge in [0.1, 0.15) is 0 Å². The summed E-state index contributed by atoms with van der Waals surface area (Å²) in [7, 11) is 0. The van der Waals surface area contributed by atoms with Gasteiger partial charge < -0.3 is 19.3 Å². The monoisotopic (exact) mass is 296 g/mol. The van der Waals surface area contributed by atoms with E-state index in [-0.39, 0.29) is 42.8 Å². The highest BCUT2D eigenvalue weighted by Crippen LogP contribution is 2.22. The highest BCUT2D eigenvalue weighted by molar-refractivity contribution is 5.25. The Hall–Kier alpha value is -1.64. The number of nitrogens with zero attached hydrogens (tertiary/aromatic N) is 2. The number of rotatable bonds is 6. The molecule has 0 bridgehead atoms. The number of epoxide rings is 3. The molecule has 1 N–H and O–H groups in total. The zero-order valence-electron chi connectivity index (χ0n) is 11.4. The minimum atomic E-state index is -0.510. The molecule has 0 aromatic carbocycles. The van der Waals surface area contributed by atoms with Crippen LogP contribution in [0.3, 0.4) is 0 Å².